The molecule has 0 aromatic heterocycles. The molecule has 1 atom stereocenters. The lowest BCUT2D eigenvalue weighted by Gasteiger charge is -2.17. The molecule has 1 fully saturated rings. The van der Waals surface area contributed by atoms with Crippen LogP contribution in [0.1, 0.15) is 20.3 Å². The first-order chi connectivity index (χ1) is 10.0. The number of methoxy groups -OCH3 is 1. The van der Waals surface area contributed by atoms with E-state index in [-0.39, 0.29) is 24.2 Å². The number of anilines is 1. The molecule has 0 radical (unpaired) electrons. The maximum atomic E-state index is 12.1. The van der Waals surface area contributed by atoms with Gasteiger partial charge >= 0.3 is 0 Å². The Kier molecular flexibility index (Phi) is 4.83. The zero-order valence-electron chi connectivity index (χ0n) is 12.8. The number of ether oxygens (including phenoxy) is 1. The second-order valence-electron chi connectivity index (χ2n) is 5.74. The monoisotopic (exact) mass is 290 g/mol. The zero-order valence-corrected chi connectivity index (χ0v) is 12.8. The number of carbonyl (C=O) groups is 2. The van der Waals surface area contributed by atoms with Crippen LogP contribution < -0.4 is 15.0 Å². The average molecular weight is 290 g/mol. The molecule has 2 amide bonds. The Morgan fingerprint density at radius 1 is 1.38 bits per heavy atom. The van der Waals surface area contributed by atoms with Crippen molar-refractivity contribution in [2.24, 2.45) is 11.8 Å². The zero-order chi connectivity index (χ0) is 15.4. The number of amides is 2. The third-order valence-corrected chi connectivity index (χ3v) is 3.56. The lowest BCUT2D eigenvalue weighted by atomic mass is 10.1. The minimum Gasteiger partial charge on any atom is -0.497 e. The van der Waals surface area contributed by atoms with E-state index in [9.17, 15) is 9.59 Å². The van der Waals surface area contributed by atoms with Crippen molar-refractivity contribution in [1.29, 1.82) is 0 Å². The Balaban J connectivity index is 2.00. The number of hydrogen-bond donors (Lipinski definition) is 1. The van der Waals surface area contributed by atoms with Gasteiger partial charge in [0.25, 0.3) is 0 Å². The average Bonchev–Trinajstić information content (AvgIpc) is 2.87. The number of benzene rings is 1. The van der Waals surface area contributed by atoms with Crippen molar-refractivity contribution in [3.05, 3.63) is 24.3 Å². The number of hydrogen-bond acceptors (Lipinski definition) is 3. The largest absolute Gasteiger partial charge is 0.497 e. The Morgan fingerprint density at radius 3 is 2.62 bits per heavy atom. The van der Waals surface area contributed by atoms with Crippen LogP contribution in [0, 0.1) is 11.8 Å². The molecule has 2 rings (SSSR count). The van der Waals surface area contributed by atoms with Crippen molar-refractivity contribution >= 4 is 17.5 Å². The van der Waals surface area contributed by atoms with Crippen LogP contribution in [-0.2, 0) is 9.59 Å². The predicted molar refractivity (Wildman–Crippen MR) is 81.3 cm³/mol. The first kappa shape index (κ1) is 15.4. The first-order valence-corrected chi connectivity index (χ1v) is 7.23. The van der Waals surface area contributed by atoms with E-state index >= 15 is 0 Å². The molecule has 1 aromatic rings. The minimum atomic E-state index is -0.265. The highest BCUT2D eigenvalue weighted by Crippen LogP contribution is 2.26. The molecule has 1 aliphatic rings. The number of carbonyl (C=O) groups excluding carboxylic acids is 2. The summed E-state index contributed by atoms with van der Waals surface area (Å²) in [5, 5.41) is 2.90. The van der Waals surface area contributed by atoms with E-state index in [0.717, 1.165) is 11.4 Å². The van der Waals surface area contributed by atoms with Crippen LogP contribution in [0.3, 0.4) is 0 Å². The van der Waals surface area contributed by atoms with Crippen molar-refractivity contribution in [1.82, 2.24) is 5.32 Å². The summed E-state index contributed by atoms with van der Waals surface area (Å²) >= 11 is 0. The maximum Gasteiger partial charge on any atom is 0.227 e. The molecule has 1 heterocycles. The Labute approximate surface area is 125 Å². The Hall–Kier alpha value is -2.04. The summed E-state index contributed by atoms with van der Waals surface area (Å²) in [5.74, 6) is 0.844. The summed E-state index contributed by atoms with van der Waals surface area (Å²) in [5.41, 5.74) is 0.806. The molecule has 114 valence electrons. The van der Waals surface area contributed by atoms with Crippen LogP contribution in [-0.4, -0.2) is 32.0 Å². The van der Waals surface area contributed by atoms with Crippen LogP contribution >= 0.6 is 0 Å². The number of nitrogens with one attached hydrogen (secondary N) is 1. The molecule has 0 aliphatic carbocycles. The topological polar surface area (TPSA) is 58.6 Å². The van der Waals surface area contributed by atoms with Crippen molar-refractivity contribution in [3.63, 3.8) is 0 Å². The molecule has 5 nitrogen and oxygen atoms in total. The second-order valence-corrected chi connectivity index (χ2v) is 5.74. The lowest BCUT2D eigenvalue weighted by molar-refractivity contribution is -0.126. The highest BCUT2D eigenvalue weighted by molar-refractivity contribution is 6.00. The van der Waals surface area contributed by atoms with E-state index in [0.29, 0.717) is 19.0 Å². The predicted octanol–water partition coefficient (Wildman–Crippen LogP) is 1.82. The van der Waals surface area contributed by atoms with Gasteiger partial charge in [0.2, 0.25) is 11.8 Å². The third-order valence-electron chi connectivity index (χ3n) is 3.56. The van der Waals surface area contributed by atoms with Gasteiger partial charge in [-0.2, -0.15) is 0 Å². The van der Waals surface area contributed by atoms with Crippen molar-refractivity contribution in [3.8, 4) is 5.75 Å². The van der Waals surface area contributed by atoms with Gasteiger partial charge in [-0.25, -0.2) is 0 Å². The fourth-order valence-electron chi connectivity index (χ4n) is 2.34. The van der Waals surface area contributed by atoms with Gasteiger partial charge in [-0.3, -0.25) is 9.59 Å². The van der Waals surface area contributed by atoms with Gasteiger partial charge in [0.1, 0.15) is 5.75 Å². The van der Waals surface area contributed by atoms with Crippen LogP contribution in [0.25, 0.3) is 0 Å². The van der Waals surface area contributed by atoms with Gasteiger partial charge < -0.3 is 15.0 Å². The van der Waals surface area contributed by atoms with E-state index in [1.165, 1.54) is 0 Å². The van der Waals surface area contributed by atoms with E-state index < -0.39 is 0 Å². The molecule has 0 saturated carbocycles. The van der Waals surface area contributed by atoms with Gasteiger partial charge in [-0.15, -0.1) is 0 Å². The van der Waals surface area contributed by atoms with Gasteiger partial charge in [0.05, 0.1) is 13.0 Å². The third kappa shape index (κ3) is 3.74. The van der Waals surface area contributed by atoms with Crippen LogP contribution in [0.5, 0.6) is 5.75 Å². The molecule has 1 N–H and O–H groups in total. The molecule has 1 saturated heterocycles. The normalized spacial score (nSPS) is 18.2. The van der Waals surface area contributed by atoms with E-state index in [1.54, 1.807) is 12.0 Å². The van der Waals surface area contributed by atoms with E-state index in [4.69, 9.17) is 4.74 Å². The minimum absolute atomic E-state index is 0.00939. The smallest absolute Gasteiger partial charge is 0.227 e. The summed E-state index contributed by atoms with van der Waals surface area (Å²) < 4.78 is 5.10. The van der Waals surface area contributed by atoms with E-state index in [2.05, 4.69) is 5.32 Å². The molecule has 21 heavy (non-hydrogen) atoms. The van der Waals surface area contributed by atoms with Crippen molar-refractivity contribution in [2.45, 2.75) is 20.3 Å². The van der Waals surface area contributed by atoms with Crippen molar-refractivity contribution in [2.75, 3.05) is 25.1 Å². The number of nitrogens with zero attached hydrogens (tertiary/aromatic N) is 1. The Morgan fingerprint density at radius 2 is 2.05 bits per heavy atom. The summed E-state index contributed by atoms with van der Waals surface area (Å²) in [7, 11) is 1.60. The SMILES string of the molecule is COc1ccc(N2CC(C(=O)NCC(C)C)CC2=O)cc1. The highest BCUT2D eigenvalue weighted by atomic mass is 16.5. The molecule has 1 aliphatic heterocycles. The van der Waals surface area contributed by atoms with Gasteiger partial charge in [-0.05, 0) is 30.2 Å². The van der Waals surface area contributed by atoms with Crippen LogP contribution in [0.2, 0.25) is 0 Å². The van der Waals surface area contributed by atoms with Gasteiger partial charge in [0.15, 0.2) is 0 Å². The fraction of sp³-hybridized carbons (Fsp3) is 0.500. The Bertz CT molecular complexity index is 511. The second kappa shape index (κ2) is 6.61. The van der Waals surface area contributed by atoms with E-state index in [1.807, 2.05) is 38.1 Å². The number of rotatable bonds is 5. The summed E-state index contributed by atoms with van der Waals surface area (Å²) in [4.78, 5) is 25.8. The maximum absolute atomic E-state index is 12.1. The molecule has 1 unspecified atom stereocenters. The van der Waals surface area contributed by atoms with Gasteiger partial charge in [0, 0.05) is 25.2 Å². The molecule has 1 aromatic carbocycles. The lowest BCUT2D eigenvalue weighted by Crippen LogP contribution is -2.34. The van der Waals surface area contributed by atoms with Crippen LogP contribution in [0.4, 0.5) is 5.69 Å². The first-order valence-electron chi connectivity index (χ1n) is 7.23. The summed E-state index contributed by atoms with van der Waals surface area (Å²) in [6.45, 7) is 5.18. The molecule has 0 bridgehead atoms. The fourth-order valence-corrected chi connectivity index (χ4v) is 2.34. The highest BCUT2D eigenvalue weighted by Gasteiger charge is 2.34. The summed E-state index contributed by atoms with van der Waals surface area (Å²) in [6, 6.07) is 7.31. The quantitative estimate of drug-likeness (QED) is 0.900. The molecule has 0 spiro atoms. The standard InChI is InChI=1S/C16H22N2O3/c1-11(2)9-17-16(20)12-8-15(19)18(10-12)13-4-6-14(21-3)7-5-13/h4-7,11-12H,8-10H2,1-3H3,(H,17,20). The van der Waals surface area contributed by atoms with Crippen molar-refractivity contribution < 1.29 is 14.3 Å². The molecule has 5 heteroatoms. The summed E-state index contributed by atoms with van der Waals surface area (Å²) in [6.07, 6.45) is 0.274. The molecular weight excluding hydrogens is 268 g/mol. The molecular formula is C16H22N2O3. The van der Waals surface area contributed by atoms with Gasteiger partial charge in [-0.1, -0.05) is 13.8 Å². The van der Waals surface area contributed by atoms with Crippen LogP contribution in [0.15, 0.2) is 24.3 Å².